The lowest BCUT2D eigenvalue weighted by Crippen LogP contribution is -2.24. The van der Waals surface area contributed by atoms with E-state index in [2.05, 4.69) is 0 Å². The molecule has 24 heavy (non-hydrogen) atoms. The summed E-state index contributed by atoms with van der Waals surface area (Å²) >= 11 is 0. The second kappa shape index (κ2) is 5.35. The van der Waals surface area contributed by atoms with E-state index in [0.717, 1.165) is 10.8 Å². The summed E-state index contributed by atoms with van der Waals surface area (Å²) in [6.45, 7) is 0. The van der Waals surface area contributed by atoms with Gasteiger partial charge in [-0.25, -0.2) is 4.79 Å². The van der Waals surface area contributed by atoms with Crippen molar-refractivity contribution in [1.82, 2.24) is 0 Å². The number of ether oxygens (including phenoxy) is 1. The van der Waals surface area contributed by atoms with Crippen molar-refractivity contribution in [2.45, 2.75) is 0 Å². The van der Waals surface area contributed by atoms with E-state index in [-0.39, 0.29) is 22.9 Å². The van der Waals surface area contributed by atoms with Crippen molar-refractivity contribution < 1.29 is 19.4 Å². The second-order valence-corrected chi connectivity index (χ2v) is 5.53. The van der Waals surface area contributed by atoms with E-state index in [1.54, 1.807) is 48.5 Å². The highest BCUT2D eigenvalue weighted by Crippen LogP contribution is 2.30. The van der Waals surface area contributed by atoms with Gasteiger partial charge in [0, 0.05) is 0 Å². The van der Waals surface area contributed by atoms with Gasteiger partial charge in [0.25, 0.3) is 0 Å². The molecular weight excluding hydrogens is 304 g/mol. The maximum absolute atomic E-state index is 12.6. The molecule has 0 aromatic heterocycles. The fourth-order valence-electron chi connectivity index (χ4n) is 2.83. The van der Waals surface area contributed by atoms with Crippen LogP contribution in [0, 0.1) is 0 Å². The summed E-state index contributed by atoms with van der Waals surface area (Å²) in [5.41, 5.74) is 1.01. The summed E-state index contributed by atoms with van der Waals surface area (Å²) in [5, 5.41) is 11.4. The van der Waals surface area contributed by atoms with Crippen LogP contribution in [0.4, 0.5) is 0 Å². The van der Waals surface area contributed by atoms with E-state index in [0.29, 0.717) is 11.1 Å². The number of para-hydroxylation sites is 1. The fraction of sp³-hybridized carbons (Fsp3) is 0. The van der Waals surface area contributed by atoms with Crippen molar-refractivity contribution in [3.8, 4) is 11.5 Å². The number of fused-ring (bicyclic) bond motifs is 2. The molecule has 4 nitrogen and oxygen atoms in total. The van der Waals surface area contributed by atoms with Gasteiger partial charge in [-0.1, -0.05) is 36.4 Å². The summed E-state index contributed by atoms with van der Waals surface area (Å²) < 4.78 is 5.25. The number of ketones is 1. The second-order valence-electron chi connectivity index (χ2n) is 5.53. The van der Waals surface area contributed by atoms with E-state index in [4.69, 9.17) is 4.74 Å². The van der Waals surface area contributed by atoms with Gasteiger partial charge in [0.1, 0.15) is 17.1 Å². The van der Waals surface area contributed by atoms with Crippen LogP contribution in [0.5, 0.6) is 11.5 Å². The largest absolute Gasteiger partial charge is 0.508 e. The van der Waals surface area contributed by atoms with Crippen LogP contribution in [0.1, 0.15) is 15.9 Å². The Kier molecular flexibility index (Phi) is 3.17. The lowest BCUT2D eigenvalue weighted by molar-refractivity contribution is -0.130. The Balaban J connectivity index is 1.89. The average Bonchev–Trinajstić information content (AvgIpc) is 2.59. The maximum Gasteiger partial charge on any atom is 0.347 e. The molecule has 3 aromatic rings. The minimum atomic E-state index is -0.671. The molecule has 1 N–H and O–H groups in total. The normalized spacial score (nSPS) is 15.4. The summed E-state index contributed by atoms with van der Waals surface area (Å²) in [6.07, 6.45) is 1.52. The summed E-state index contributed by atoms with van der Waals surface area (Å²) in [5.74, 6) is -0.633. The van der Waals surface area contributed by atoms with Crippen molar-refractivity contribution in [3.63, 3.8) is 0 Å². The van der Waals surface area contributed by atoms with E-state index in [9.17, 15) is 14.7 Å². The standard InChI is InChI=1S/C20H12O4/c21-14-9-8-12-4-3-5-13(16(12)11-14)10-17-19(22)15-6-1-2-7-18(15)24-20(17)23/h1-11,21H/b17-10-. The van der Waals surface area contributed by atoms with E-state index in [1.165, 1.54) is 6.08 Å². The van der Waals surface area contributed by atoms with Crippen molar-refractivity contribution in [1.29, 1.82) is 0 Å². The smallest absolute Gasteiger partial charge is 0.347 e. The number of phenols is 1. The number of rotatable bonds is 1. The monoisotopic (exact) mass is 316 g/mol. The van der Waals surface area contributed by atoms with Gasteiger partial charge in [-0.05, 0) is 46.7 Å². The first-order chi connectivity index (χ1) is 11.6. The lowest BCUT2D eigenvalue weighted by Gasteiger charge is -2.16. The first kappa shape index (κ1) is 14.2. The van der Waals surface area contributed by atoms with Gasteiger partial charge in [-0.3, -0.25) is 4.79 Å². The van der Waals surface area contributed by atoms with Gasteiger partial charge in [-0.15, -0.1) is 0 Å². The SMILES string of the molecule is O=C1Oc2ccccc2C(=O)/C1=C/c1cccc2ccc(O)cc12. The van der Waals surface area contributed by atoms with E-state index < -0.39 is 5.97 Å². The van der Waals surface area contributed by atoms with Crippen molar-refractivity contribution in [3.05, 3.63) is 77.4 Å². The van der Waals surface area contributed by atoms with Crippen LogP contribution in [0.3, 0.4) is 0 Å². The van der Waals surface area contributed by atoms with Crippen molar-refractivity contribution in [2.75, 3.05) is 0 Å². The Bertz CT molecular complexity index is 1030. The Morgan fingerprint density at radius 1 is 0.917 bits per heavy atom. The number of aromatic hydroxyl groups is 1. The third-order valence-corrected chi connectivity index (χ3v) is 4.00. The highest BCUT2D eigenvalue weighted by molar-refractivity contribution is 6.30. The maximum atomic E-state index is 12.6. The minimum Gasteiger partial charge on any atom is -0.508 e. The van der Waals surface area contributed by atoms with Crippen LogP contribution in [-0.4, -0.2) is 16.9 Å². The van der Waals surface area contributed by atoms with Crippen molar-refractivity contribution in [2.24, 2.45) is 0 Å². The number of Topliss-reactive ketones (excluding diaryl/α,β-unsaturated/α-hetero) is 1. The average molecular weight is 316 g/mol. The number of carbonyl (C=O) groups excluding carboxylic acids is 2. The Morgan fingerprint density at radius 2 is 1.75 bits per heavy atom. The van der Waals surface area contributed by atoms with Gasteiger partial charge in [0.15, 0.2) is 0 Å². The molecule has 116 valence electrons. The molecule has 0 saturated carbocycles. The zero-order valence-electron chi connectivity index (χ0n) is 12.5. The number of phenolic OH excluding ortho intramolecular Hbond substituents is 1. The molecule has 0 saturated heterocycles. The van der Waals surface area contributed by atoms with Crippen LogP contribution in [0.2, 0.25) is 0 Å². The molecule has 1 aliphatic heterocycles. The van der Waals surface area contributed by atoms with E-state index in [1.807, 2.05) is 12.1 Å². The third-order valence-electron chi connectivity index (χ3n) is 4.00. The fourth-order valence-corrected chi connectivity index (χ4v) is 2.83. The van der Waals surface area contributed by atoms with Crippen LogP contribution in [-0.2, 0) is 4.79 Å². The van der Waals surface area contributed by atoms with Gasteiger partial charge < -0.3 is 9.84 Å². The molecule has 0 bridgehead atoms. The molecule has 0 fully saturated rings. The molecule has 0 radical (unpaired) electrons. The summed E-state index contributed by atoms with van der Waals surface area (Å²) in [6, 6.07) is 17.2. The molecule has 1 aliphatic rings. The number of hydrogen-bond donors (Lipinski definition) is 1. The Morgan fingerprint density at radius 3 is 2.62 bits per heavy atom. The predicted octanol–water partition coefficient (Wildman–Crippen LogP) is 3.73. The molecule has 4 heteroatoms. The van der Waals surface area contributed by atoms with Gasteiger partial charge in [0.05, 0.1) is 5.56 Å². The predicted molar refractivity (Wildman–Crippen MR) is 90.0 cm³/mol. The van der Waals surface area contributed by atoms with Gasteiger partial charge in [0.2, 0.25) is 5.78 Å². The molecule has 4 rings (SSSR count). The number of carbonyl (C=O) groups is 2. The van der Waals surface area contributed by atoms with Crippen LogP contribution >= 0.6 is 0 Å². The molecular formula is C20H12O4. The highest BCUT2D eigenvalue weighted by Gasteiger charge is 2.30. The van der Waals surface area contributed by atoms with E-state index >= 15 is 0 Å². The molecule has 0 atom stereocenters. The zero-order valence-corrected chi connectivity index (χ0v) is 12.5. The number of hydrogen-bond acceptors (Lipinski definition) is 4. The summed E-state index contributed by atoms with van der Waals surface area (Å²) in [4.78, 5) is 24.8. The van der Waals surface area contributed by atoms with Crippen LogP contribution in [0.15, 0.2) is 66.2 Å². The number of benzene rings is 3. The molecule has 0 aliphatic carbocycles. The molecule has 1 heterocycles. The van der Waals surface area contributed by atoms with Gasteiger partial charge in [-0.2, -0.15) is 0 Å². The topological polar surface area (TPSA) is 63.6 Å². The highest BCUT2D eigenvalue weighted by atomic mass is 16.5. The summed E-state index contributed by atoms with van der Waals surface area (Å²) in [7, 11) is 0. The Hall–Kier alpha value is -3.40. The minimum absolute atomic E-state index is 0.0236. The first-order valence-corrected chi connectivity index (χ1v) is 7.43. The first-order valence-electron chi connectivity index (χ1n) is 7.43. The quantitative estimate of drug-likeness (QED) is 0.321. The molecule has 0 amide bonds. The lowest BCUT2D eigenvalue weighted by atomic mass is 9.96. The van der Waals surface area contributed by atoms with Crippen molar-refractivity contribution >= 4 is 28.6 Å². The third kappa shape index (κ3) is 2.25. The van der Waals surface area contributed by atoms with Crippen LogP contribution in [0.25, 0.3) is 16.8 Å². The molecule has 3 aromatic carbocycles. The number of esters is 1. The van der Waals surface area contributed by atoms with Crippen LogP contribution < -0.4 is 4.74 Å². The molecule has 0 unspecified atom stereocenters. The zero-order chi connectivity index (χ0) is 16.7. The Labute approximate surface area is 137 Å². The van der Waals surface area contributed by atoms with Gasteiger partial charge >= 0.3 is 5.97 Å². The molecule has 0 spiro atoms.